The number of carbonyl (C=O) groups is 2. The molecule has 0 aliphatic carbocycles. The van der Waals surface area contributed by atoms with Gasteiger partial charge in [0.15, 0.2) is 0 Å². The second-order valence-corrected chi connectivity index (χ2v) is 19.8. The molecule has 2 aromatic heterocycles. The molecule has 0 N–H and O–H groups in total. The average molecular weight is 928 g/mol. The molecule has 0 aromatic carbocycles. The average Bonchev–Trinajstić information content (AvgIpc) is 3.45. The van der Waals surface area contributed by atoms with Crippen molar-refractivity contribution in [2.24, 2.45) is 0 Å². The van der Waals surface area contributed by atoms with Crippen LogP contribution in [0.1, 0.15) is 113 Å². The normalized spacial score (nSPS) is 20.7. The van der Waals surface area contributed by atoms with Crippen LogP contribution in [0.25, 0.3) is 5.57 Å². The number of halogens is 1. The quantitative estimate of drug-likeness (QED) is 0.255. The van der Waals surface area contributed by atoms with Gasteiger partial charge in [0.2, 0.25) is 11.8 Å². The molecule has 342 valence electrons. The zero-order chi connectivity index (χ0) is 45.1. The van der Waals surface area contributed by atoms with E-state index in [-0.39, 0.29) is 42.7 Å². The van der Waals surface area contributed by atoms with Gasteiger partial charge in [-0.1, -0.05) is 12.2 Å². The van der Waals surface area contributed by atoms with Crippen molar-refractivity contribution < 1.29 is 47.3 Å². The van der Waals surface area contributed by atoms with Gasteiger partial charge in [0, 0.05) is 69.8 Å². The first kappa shape index (κ1) is 49.3. The number of likely N-dealkylation sites (tertiary alicyclic amines) is 2. The highest BCUT2D eigenvalue weighted by molar-refractivity contribution is 9.10. The number of nitrogens with zero attached hydrogens (tertiary/aromatic N) is 4. The number of pyridine rings is 2. The first-order chi connectivity index (χ1) is 29.2. The number of rotatable bonds is 6. The third kappa shape index (κ3) is 15.0. The molecule has 14 nitrogen and oxygen atoms in total. The van der Waals surface area contributed by atoms with Crippen LogP contribution < -0.4 is 9.47 Å². The highest BCUT2D eigenvalue weighted by Gasteiger charge is 2.52. The van der Waals surface area contributed by atoms with Crippen molar-refractivity contribution in [1.29, 1.82) is 0 Å². The number of hydrogen-bond donors (Lipinski definition) is 0. The van der Waals surface area contributed by atoms with Crippen LogP contribution in [-0.2, 0) is 28.3 Å². The Hall–Kier alpha value is -3.70. The van der Waals surface area contributed by atoms with Gasteiger partial charge >= 0.3 is 19.3 Å². The Labute approximate surface area is 377 Å². The molecule has 0 unspecified atom stereocenters. The van der Waals surface area contributed by atoms with Crippen LogP contribution in [0.15, 0.2) is 58.8 Å². The number of ether oxygens (including phenoxy) is 6. The van der Waals surface area contributed by atoms with Crippen molar-refractivity contribution in [1.82, 2.24) is 19.8 Å². The summed E-state index contributed by atoms with van der Waals surface area (Å²) in [7, 11) is -0.182. The van der Waals surface area contributed by atoms with Crippen molar-refractivity contribution in [3.63, 3.8) is 0 Å². The molecule has 2 aromatic rings. The van der Waals surface area contributed by atoms with E-state index in [0.717, 1.165) is 61.8 Å². The van der Waals surface area contributed by atoms with Crippen molar-refractivity contribution >= 4 is 40.8 Å². The maximum absolute atomic E-state index is 12.2. The summed E-state index contributed by atoms with van der Waals surface area (Å²) in [5.74, 6) is 1.28. The first-order valence-electron chi connectivity index (χ1n) is 21.9. The molecule has 16 heteroatoms. The van der Waals surface area contributed by atoms with E-state index in [0.29, 0.717) is 51.2 Å². The Morgan fingerprint density at radius 2 is 1.18 bits per heavy atom. The predicted octanol–water partition coefficient (Wildman–Crippen LogP) is 9.25. The summed E-state index contributed by atoms with van der Waals surface area (Å²) in [5, 5.41) is 0. The monoisotopic (exact) mass is 926 g/mol. The van der Waals surface area contributed by atoms with E-state index in [9.17, 15) is 9.59 Å². The maximum atomic E-state index is 12.2. The van der Waals surface area contributed by atoms with Gasteiger partial charge in [-0.2, -0.15) is 0 Å². The summed E-state index contributed by atoms with van der Waals surface area (Å²) < 4.78 is 46.3. The zero-order valence-electron chi connectivity index (χ0n) is 38.5. The van der Waals surface area contributed by atoms with Gasteiger partial charge in [0.05, 0.1) is 42.1 Å². The standard InChI is InChI=1S/C20H28N2O4.C15H21BrN2O3.C11H19BO3/c1-20(2,3)26-19(23)22-11-6-16(7-12-22)25-18-17(5-4-10-21-18)15-8-13-24-14-9-15;1-15(2,3)21-14(19)18-9-6-11(7-10-18)20-13-12(16)5-4-8-17-13;1-10(2)11(3,4)15-12(14-10)9-5-7-13-8-6-9/h4-5,8,10,16H,6-7,9,11-14H2,1-3H3;4-5,8,11H,6-7,9-10H2,1-3H3;5H,6-8H2,1-4H3. The summed E-state index contributed by atoms with van der Waals surface area (Å²) >= 11 is 3.42. The van der Waals surface area contributed by atoms with E-state index in [1.54, 1.807) is 22.2 Å². The molecule has 7 heterocycles. The molecule has 3 saturated heterocycles. The van der Waals surface area contributed by atoms with E-state index >= 15 is 0 Å². The largest absolute Gasteiger partial charge is 0.490 e. The van der Waals surface area contributed by atoms with E-state index in [1.807, 2.05) is 59.7 Å². The van der Waals surface area contributed by atoms with Crippen molar-refractivity contribution in [2.45, 2.75) is 142 Å². The maximum Gasteiger partial charge on any atom is 0.490 e. The van der Waals surface area contributed by atoms with Gasteiger partial charge in [-0.05, 0) is 133 Å². The van der Waals surface area contributed by atoms with Crippen molar-refractivity contribution in [3.8, 4) is 11.8 Å². The van der Waals surface area contributed by atoms with Crippen molar-refractivity contribution in [3.05, 3.63) is 64.3 Å². The molecule has 2 amide bonds. The van der Waals surface area contributed by atoms with Crippen LogP contribution >= 0.6 is 15.9 Å². The molecule has 0 spiro atoms. The van der Waals surface area contributed by atoms with Crippen LogP contribution in [0.3, 0.4) is 0 Å². The molecule has 62 heavy (non-hydrogen) atoms. The summed E-state index contributed by atoms with van der Waals surface area (Å²) in [6, 6.07) is 7.74. The number of carbonyl (C=O) groups excluding carboxylic acids is 2. The molecular weight excluding hydrogens is 859 g/mol. The molecule has 0 saturated carbocycles. The van der Waals surface area contributed by atoms with Crippen LogP contribution in [0, 0.1) is 0 Å². The van der Waals surface area contributed by atoms with Crippen molar-refractivity contribution in [2.75, 3.05) is 52.6 Å². The summed E-state index contributed by atoms with van der Waals surface area (Å²) in [6.45, 7) is 25.0. The Morgan fingerprint density at radius 1 is 0.710 bits per heavy atom. The van der Waals surface area contributed by atoms with E-state index in [1.165, 1.54) is 11.0 Å². The van der Waals surface area contributed by atoms with Gasteiger partial charge in [-0.15, -0.1) is 0 Å². The lowest BCUT2D eigenvalue weighted by molar-refractivity contribution is 0.00578. The van der Waals surface area contributed by atoms with Crippen LogP contribution in [0.4, 0.5) is 9.59 Å². The van der Waals surface area contributed by atoms with Gasteiger partial charge < -0.3 is 47.5 Å². The highest BCUT2D eigenvalue weighted by Crippen LogP contribution is 2.39. The number of piperidine rings is 2. The van der Waals surface area contributed by atoms with E-state index in [2.05, 4.69) is 71.8 Å². The molecule has 0 bridgehead atoms. The third-order valence-electron chi connectivity index (χ3n) is 11.1. The number of amides is 2. The lowest BCUT2D eigenvalue weighted by atomic mass is 9.75. The minimum Gasteiger partial charge on any atom is -0.474 e. The fraction of sp³-hybridized carbons (Fsp3) is 0.652. The molecule has 5 aliphatic heterocycles. The summed E-state index contributed by atoms with van der Waals surface area (Å²) in [6.07, 6.45) is 12.2. The minimum atomic E-state index is -0.468. The fourth-order valence-corrected chi connectivity index (χ4v) is 7.34. The van der Waals surface area contributed by atoms with Crippen LogP contribution in [0.5, 0.6) is 11.8 Å². The van der Waals surface area contributed by atoms with Gasteiger partial charge in [-0.25, -0.2) is 19.6 Å². The molecular formula is C46H68BBrN4O10. The highest BCUT2D eigenvalue weighted by atomic mass is 79.9. The molecule has 0 radical (unpaired) electrons. The Balaban J connectivity index is 0.000000182. The lowest BCUT2D eigenvalue weighted by Crippen LogP contribution is -2.44. The first-order valence-corrected chi connectivity index (χ1v) is 22.7. The summed E-state index contributed by atoms with van der Waals surface area (Å²) in [4.78, 5) is 36.3. The predicted molar refractivity (Wildman–Crippen MR) is 242 cm³/mol. The van der Waals surface area contributed by atoms with Gasteiger partial charge in [0.1, 0.15) is 23.4 Å². The van der Waals surface area contributed by atoms with Gasteiger partial charge in [-0.3, -0.25) is 0 Å². The minimum absolute atomic E-state index is 0.0581. The van der Waals surface area contributed by atoms with E-state index in [4.69, 9.17) is 37.7 Å². The fourth-order valence-electron chi connectivity index (χ4n) is 6.99. The molecule has 0 atom stereocenters. The zero-order valence-corrected chi connectivity index (χ0v) is 40.1. The molecule has 3 fully saturated rings. The SMILES string of the molecule is CC(C)(C)OC(=O)N1CCC(Oc2ncccc2Br)CC1.CC(C)(C)OC(=O)N1CCC(Oc2ncccc2C2=CCOCC2)CC1.CC1(C)OB(C2=CCOCC2)OC1(C)C. The topological polar surface area (TPSA) is 140 Å². The Bertz CT molecular complexity index is 1830. The van der Waals surface area contributed by atoms with E-state index < -0.39 is 11.2 Å². The Morgan fingerprint density at radius 3 is 1.63 bits per heavy atom. The third-order valence-corrected chi connectivity index (χ3v) is 11.7. The Kier molecular flexibility index (Phi) is 17.3. The smallest absolute Gasteiger partial charge is 0.474 e. The van der Waals surface area contributed by atoms with Crippen LogP contribution in [0.2, 0.25) is 0 Å². The number of aromatic nitrogens is 2. The van der Waals surface area contributed by atoms with Crippen LogP contribution in [-0.4, -0.2) is 126 Å². The summed E-state index contributed by atoms with van der Waals surface area (Å²) in [5.41, 5.74) is 2.09. The molecule has 7 rings (SSSR count). The van der Waals surface area contributed by atoms with Gasteiger partial charge in [0.25, 0.3) is 0 Å². The second-order valence-electron chi connectivity index (χ2n) is 19.0. The molecule has 5 aliphatic rings. The lowest BCUT2D eigenvalue weighted by Gasteiger charge is -2.33. The second kappa shape index (κ2) is 21.8. The number of hydrogen-bond acceptors (Lipinski definition) is 12.